The number of aromatic nitrogens is 1. The van der Waals surface area contributed by atoms with Gasteiger partial charge in [0, 0.05) is 30.0 Å². The zero-order valence-electron chi connectivity index (χ0n) is 9.40. The van der Waals surface area contributed by atoms with Crippen LogP contribution in [0.25, 0.3) is 10.8 Å². The lowest BCUT2D eigenvalue weighted by Gasteiger charge is -2.28. The highest BCUT2D eigenvalue weighted by molar-refractivity contribution is 7.99. The molecule has 2 aromatic rings. The van der Waals surface area contributed by atoms with E-state index in [4.69, 9.17) is 11.6 Å². The van der Waals surface area contributed by atoms with E-state index in [2.05, 4.69) is 28.1 Å². The van der Waals surface area contributed by atoms with Crippen molar-refractivity contribution in [2.75, 3.05) is 29.5 Å². The Morgan fingerprint density at radius 2 is 1.94 bits per heavy atom. The van der Waals surface area contributed by atoms with E-state index in [1.54, 1.807) is 0 Å². The molecule has 2 heterocycles. The van der Waals surface area contributed by atoms with Crippen molar-refractivity contribution in [1.82, 2.24) is 4.98 Å². The molecule has 4 heteroatoms. The van der Waals surface area contributed by atoms with E-state index in [1.807, 2.05) is 23.9 Å². The van der Waals surface area contributed by atoms with Gasteiger partial charge in [-0.2, -0.15) is 11.8 Å². The molecule has 88 valence electrons. The second kappa shape index (κ2) is 4.75. The van der Waals surface area contributed by atoms with Gasteiger partial charge in [-0.05, 0) is 11.5 Å². The maximum absolute atomic E-state index is 6.10. The van der Waals surface area contributed by atoms with Crippen molar-refractivity contribution in [3.05, 3.63) is 35.5 Å². The van der Waals surface area contributed by atoms with Crippen LogP contribution in [0.15, 0.2) is 30.3 Å². The second-order valence-corrected chi connectivity index (χ2v) is 5.70. The van der Waals surface area contributed by atoms with E-state index in [0.717, 1.165) is 18.9 Å². The Balaban J connectivity index is 2.13. The van der Waals surface area contributed by atoms with Crippen molar-refractivity contribution < 1.29 is 0 Å². The molecule has 3 rings (SSSR count). The predicted octanol–water partition coefficient (Wildman–Crippen LogP) is 3.44. The normalized spacial score (nSPS) is 16.4. The Morgan fingerprint density at radius 1 is 1.18 bits per heavy atom. The largest absolute Gasteiger partial charge is 0.354 e. The van der Waals surface area contributed by atoms with Gasteiger partial charge in [-0.1, -0.05) is 35.9 Å². The third-order valence-corrected chi connectivity index (χ3v) is 4.14. The molecule has 0 spiro atoms. The van der Waals surface area contributed by atoms with Crippen LogP contribution in [0.1, 0.15) is 0 Å². The predicted molar refractivity (Wildman–Crippen MR) is 76.3 cm³/mol. The summed E-state index contributed by atoms with van der Waals surface area (Å²) in [5, 5.41) is 2.95. The van der Waals surface area contributed by atoms with E-state index in [-0.39, 0.29) is 0 Å². The molecule has 0 bridgehead atoms. The number of benzene rings is 1. The number of rotatable bonds is 1. The average molecular weight is 265 g/mol. The molecule has 1 fully saturated rings. The topological polar surface area (TPSA) is 16.1 Å². The molecule has 0 aliphatic carbocycles. The van der Waals surface area contributed by atoms with Gasteiger partial charge in [0.2, 0.25) is 0 Å². The molecule has 1 aromatic heterocycles. The van der Waals surface area contributed by atoms with Gasteiger partial charge in [0.05, 0.1) is 0 Å². The van der Waals surface area contributed by atoms with E-state index >= 15 is 0 Å². The molecule has 1 aliphatic rings. The standard InChI is InChI=1S/C13H13ClN2S/c14-12-9-10-3-1-2-4-11(10)13(15-12)16-5-7-17-8-6-16/h1-4,9H,5-8H2. The summed E-state index contributed by atoms with van der Waals surface area (Å²) >= 11 is 8.10. The van der Waals surface area contributed by atoms with Crippen LogP contribution in [0.3, 0.4) is 0 Å². The Kier molecular flexibility index (Phi) is 3.12. The summed E-state index contributed by atoms with van der Waals surface area (Å²) in [7, 11) is 0. The van der Waals surface area contributed by atoms with Gasteiger partial charge >= 0.3 is 0 Å². The van der Waals surface area contributed by atoms with Crippen LogP contribution in [0, 0.1) is 0 Å². The fourth-order valence-electron chi connectivity index (χ4n) is 2.16. The number of nitrogens with zero attached hydrogens (tertiary/aromatic N) is 2. The van der Waals surface area contributed by atoms with Crippen molar-refractivity contribution in [2.45, 2.75) is 0 Å². The number of hydrogen-bond acceptors (Lipinski definition) is 3. The van der Waals surface area contributed by atoms with Crippen LogP contribution in [-0.4, -0.2) is 29.6 Å². The quantitative estimate of drug-likeness (QED) is 0.734. The summed E-state index contributed by atoms with van der Waals surface area (Å²) in [6.07, 6.45) is 0. The molecule has 1 aliphatic heterocycles. The lowest BCUT2D eigenvalue weighted by Crippen LogP contribution is -2.33. The maximum atomic E-state index is 6.10. The van der Waals surface area contributed by atoms with E-state index in [0.29, 0.717) is 5.15 Å². The summed E-state index contributed by atoms with van der Waals surface area (Å²) in [6, 6.07) is 10.2. The number of hydrogen-bond donors (Lipinski definition) is 0. The number of fused-ring (bicyclic) bond motifs is 1. The molecule has 0 radical (unpaired) electrons. The SMILES string of the molecule is Clc1cc2ccccc2c(N2CCSCC2)n1. The number of halogens is 1. The first-order valence-electron chi connectivity index (χ1n) is 5.72. The lowest BCUT2D eigenvalue weighted by molar-refractivity contribution is 0.845. The fourth-order valence-corrected chi connectivity index (χ4v) is 3.27. The first kappa shape index (κ1) is 11.2. The van der Waals surface area contributed by atoms with Crippen molar-refractivity contribution in [3.63, 3.8) is 0 Å². The first-order chi connectivity index (χ1) is 8.34. The summed E-state index contributed by atoms with van der Waals surface area (Å²) in [4.78, 5) is 6.85. The van der Waals surface area contributed by atoms with Crippen LogP contribution in [0.5, 0.6) is 0 Å². The lowest BCUT2D eigenvalue weighted by atomic mass is 10.1. The Hall–Kier alpha value is -0.930. The van der Waals surface area contributed by atoms with Crippen LogP contribution in [-0.2, 0) is 0 Å². The van der Waals surface area contributed by atoms with Crippen LogP contribution in [0.2, 0.25) is 5.15 Å². The second-order valence-electron chi connectivity index (χ2n) is 4.09. The molecule has 17 heavy (non-hydrogen) atoms. The highest BCUT2D eigenvalue weighted by atomic mass is 35.5. The number of pyridine rings is 1. The third kappa shape index (κ3) is 2.22. The Morgan fingerprint density at radius 3 is 2.76 bits per heavy atom. The number of thioether (sulfide) groups is 1. The monoisotopic (exact) mass is 264 g/mol. The molecular formula is C13H13ClN2S. The van der Waals surface area contributed by atoms with E-state index in [1.165, 1.54) is 22.3 Å². The Labute approximate surface area is 110 Å². The average Bonchev–Trinajstić information content (AvgIpc) is 2.39. The van der Waals surface area contributed by atoms with Gasteiger partial charge < -0.3 is 4.90 Å². The van der Waals surface area contributed by atoms with Crippen LogP contribution >= 0.6 is 23.4 Å². The summed E-state index contributed by atoms with van der Waals surface area (Å²) in [6.45, 7) is 2.12. The molecule has 2 nitrogen and oxygen atoms in total. The van der Waals surface area contributed by atoms with Gasteiger partial charge in [-0.3, -0.25) is 0 Å². The van der Waals surface area contributed by atoms with Gasteiger partial charge in [0.1, 0.15) is 11.0 Å². The highest BCUT2D eigenvalue weighted by Gasteiger charge is 2.15. The van der Waals surface area contributed by atoms with Gasteiger partial charge in [0.15, 0.2) is 0 Å². The molecule has 0 unspecified atom stereocenters. The Bertz CT molecular complexity index is 538. The first-order valence-corrected chi connectivity index (χ1v) is 7.26. The molecule has 0 amide bonds. The third-order valence-electron chi connectivity index (χ3n) is 3.00. The van der Waals surface area contributed by atoms with Crippen LogP contribution < -0.4 is 4.90 Å². The number of anilines is 1. The highest BCUT2D eigenvalue weighted by Crippen LogP contribution is 2.28. The summed E-state index contributed by atoms with van der Waals surface area (Å²) in [5.74, 6) is 3.37. The minimum atomic E-state index is 0.580. The summed E-state index contributed by atoms with van der Waals surface area (Å²) < 4.78 is 0. The van der Waals surface area contributed by atoms with E-state index in [9.17, 15) is 0 Å². The minimum Gasteiger partial charge on any atom is -0.354 e. The van der Waals surface area contributed by atoms with Gasteiger partial charge in [-0.25, -0.2) is 4.98 Å². The molecule has 1 aromatic carbocycles. The molecule has 0 N–H and O–H groups in total. The van der Waals surface area contributed by atoms with Crippen molar-refractivity contribution in [2.24, 2.45) is 0 Å². The zero-order valence-corrected chi connectivity index (χ0v) is 11.0. The smallest absolute Gasteiger partial charge is 0.138 e. The van der Waals surface area contributed by atoms with Crippen LogP contribution in [0.4, 0.5) is 5.82 Å². The minimum absolute atomic E-state index is 0.580. The summed E-state index contributed by atoms with van der Waals surface area (Å²) in [5.41, 5.74) is 0. The molecule has 1 saturated heterocycles. The fraction of sp³-hybridized carbons (Fsp3) is 0.308. The maximum Gasteiger partial charge on any atom is 0.138 e. The van der Waals surface area contributed by atoms with Gasteiger partial charge in [0.25, 0.3) is 0 Å². The molecule has 0 saturated carbocycles. The zero-order chi connectivity index (χ0) is 11.7. The van der Waals surface area contributed by atoms with E-state index < -0.39 is 0 Å². The van der Waals surface area contributed by atoms with Crippen molar-refractivity contribution >= 4 is 40.0 Å². The molecular weight excluding hydrogens is 252 g/mol. The molecule has 0 atom stereocenters. The van der Waals surface area contributed by atoms with Crippen molar-refractivity contribution in [1.29, 1.82) is 0 Å². The van der Waals surface area contributed by atoms with Gasteiger partial charge in [-0.15, -0.1) is 0 Å². The van der Waals surface area contributed by atoms with Crippen molar-refractivity contribution in [3.8, 4) is 0 Å².